The first-order valence-corrected chi connectivity index (χ1v) is 10.0. The van der Waals surface area contributed by atoms with Gasteiger partial charge in [0.25, 0.3) is 0 Å². The maximum absolute atomic E-state index is 11.6. The van der Waals surface area contributed by atoms with Gasteiger partial charge in [-0.25, -0.2) is 4.79 Å². The second-order valence-corrected chi connectivity index (χ2v) is 8.92. The Morgan fingerprint density at radius 2 is 1.89 bits per heavy atom. The van der Waals surface area contributed by atoms with Crippen LogP contribution in [0, 0.1) is 23.2 Å². The van der Waals surface area contributed by atoms with Gasteiger partial charge in [-0.3, -0.25) is 0 Å². The van der Waals surface area contributed by atoms with Gasteiger partial charge in [0, 0.05) is 11.5 Å². The number of fused-ring (bicyclic) bond motifs is 2. The third-order valence-corrected chi connectivity index (χ3v) is 6.04. The molecule has 148 valence electrons. The Kier molecular flexibility index (Phi) is 5.95. The SMILES string of the molecule is C=C(C)C(=O)Oc1ccc(OC(OCC2(C)CC3CCC2C3)C(C)C)cc1. The van der Waals surface area contributed by atoms with E-state index >= 15 is 0 Å². The third kappa shape index (κ3) is 4.73. The predicted octanol–water partition coefficient (Wildman–Crippen LogP) is 5.37. The number of hydrogen-bond donors (Lipinski definition) is 0. The van der Waals surface area contributed by atoms with Crippen molar-refractivity contribution in [1.29, 1.82) is 0 Å². The van der Waals surface area contributed by atoms with E-state index in [0.717, 1.165) is 18.4 Å². The van der Waals surface area contributed by atoms with E-state index in [1.807, 2.05) is 0 Å². The van der Waals surface area contributed by atoms with E-state index in [2.05, 4.69) is 27.4 Å². The molecule has 4 unspecified atom stereocenters. The predicted molar refractivity (Wildman–Crippen MR) is 106 cm³/mol. The molecule has 0 N–H and O–H groups in total. The maximum atomic E-state index is 11.6. The molecule has 3 rings (SSSR count). The molecule has 0 aromatic heterocycles. The summed E-state index contributed by atoms with van der Waals surface area (Å²) in [5, 5.41) is 0. The van der Waals surface area contributed by atoms with Crippen LogP contribution in [0.4, 0.5) is 0 Å². The molecule has 2 aliphatic carbocycles. The van der Waals surface area contributed by atoms with Crippen LogP contribution in [-0.2, 0) is 9.53 Å². The van der Waals surface area contributed by atoms with Crippen molar-refractivity contribution < 1.29 is 19.0 Å². The van der Waals surface area contributed by atoms with Crippen molar-refractivity contribution in [3.8, 4) is 11.5 Å². The molecule has 0 heterocycles. The summed E-state index contributed by atoms with van der Waals surface area (Å²) < 4.78 is 17.6. The zero-order chi connectivity index (χ0) is 19.6. The molecule has 2 aliphatic rings. The summed E-state index contributed by atoms with van der Waals surface area (Å²) in [5.74, 6) is 2.71. The first-order valence-electron chi connectivity index (χ1n) is 10.0. The molecule has 0 aliphatic heterocycles. The number of carbonyl (C=O) groups excluding carboxylic acids is 1. The summed E-state index contributed by atoms with van der Waals surface area (Å²) in [6.45, 7) is 12.6. The Morgan fingerprint density at radius 3 is 2.41 bits per heavy atom. The Morgan fingerprint density at radius 1 is 1.22 bits per heavy atom. The van der Waals surface area contributed by atoms with Crippen molar-refractivity contribution in [2.24, 2.45) is 23.2 Å². The van der Waals surface area contributed by atoms with Gasteiger partial charge in [0.1, 0.15) is 11.5 Å². The van der Waals surface area contributed by atoms with Gasteiger partial charge in [0.15, 0.2) is 0 Å². The fraction of sp³-hybridized carbons (Fsp3) is 0.609. The molecule has 0 spiro atoms. The topological polar surface area (TPSA) is 44.8 Å². The van der Waals surface area contributed by atoms with Gasteiger partial charge in [0.05, 0.1) is 6.61 Å². The largest absolute Gasteiger partial charge is 0.465 e. The average molecular weight is 373 g/mol. The summed E-state index contributed by atoms with van der Waals surface area (Å²) in [4.78, 5) is 11.6. The van der Waals surface area contributed by atoms with Gasteiger partial charge < -0.3 is 14.2 Å². The molecule has 1 aromatic rings. The van der Waals surface area contributed by atoms with Gasteiger partial charge in [-0.15, -0.1) is 0 Å². The zero-order valence-corrected chi connectivity index (χ0v) is 17.0. The van der Waals surface area contributed by atoms with Crippen LogP contribution in [0.2, 0.25) is 0 Å². The highest BCUT2D eigenvalue weighted by Crippen LogP contribution is 2.55. The first-order chi connectivity index (χ1) is 12.8. The van der Waals surface area contributed by atoms with Crippen molar-refractivity contribution in [1.82, 2.24) is 0 Å². The number of carbonyl (C=O) groups is 1. The molecule has 27 heavy (non-hydrogen) atoms. The van der Waals surface area contributed by atoms with Gasteiger partial charge in [-0.1, -0.05) is 33.8 Å². The lowest BCUT2D eigenvalue weighted by molar-refractivity contribution is -0.137. The molecule has 4 atom stereocenters. The van der Waals surface area contributed by atoms with E-state index in [1.54, 1.807) is 31.2 Å². The number of benzene rings is 1. The molecule has 0 saturated heterocycles. The summed E-state index contributed by atoms with van der Waals surface area (Å²) in [6.07, 6.45) is 5.11. The Balaban J connectivity index is 1.56. The van der Waals surface area contributed by atoms with Gasteiger partial charge in [-0.05, 0) is 67.7 Å². The highest BCUT2D eigenvalue weighted by Gasteiger charge is 2.48. The second-order valence-electron chi connectivity index (χ2n) is 8.92. The van der Waals surface area contributed by atoms with Crippen LogP contribution in [0.25, 0.3) is 0 Å². The normalized spacial score (nSPS) is 27.6. The van der Waals surface area contributed by atoms with Crippen LogP contribution >= 0.6 is 0 Å². The number of hydrogen-bond acceptors (Lipinski definition) is 4. The first kappa shape index (κ1) is 19.9. The molecular formula is C23H32O4. The fourth-order valence-corrected chi connectivity index (χ4v) is 4.45. The molecule has 0 amide bonds. The number of ether oxygens (including phenoxy) is 3. The Bertz CT molecular complexity index is 678. The summed E-state index contributed by atoms with van der Waals surface area (Å²) >= 11 is 0. The summed E-state index contributed by atoms with van der Waals surface area (Å²) in [7, 11) is 0. The molecule has 2 fully saturated rings. The lowest BCUT2D eigenvalue weighted by atomic mass is 9.75. The molecule has 4 nitrogen and oxygen atoms in total. The van der Waals surface area contributed by atoms with Crippen LogP contribution < -0.4 is 9.47 Å². The van der Waals surface area contributed by atoms with Crippen molar-refractivity contribution in [2.75, 3.05) is 6.61 Å². The Labute approximate surface area is 162 Å². The fourth-order valence-electron chi connectivity index (χ4n) is 4.45. The van der Waals surface area contributed by atoms with Crippen LogP contribution in [0.15, 0.2) is 36.4 Å². The van der Waals surface area contributed by atoms with Crippen molar-refractivity contribution in [3.05, 3.63) is 36.4 Å². The lowest BCUT2D eigenvalue weighted by Gasteiger charge is -2.35. The van der Waals surface area contributed by atoms with Gasteiger partial charge in [-0.2, -0.15) is 0 Å². The van der Waals surface area contributed by atoms with E-state index in [4.69, 9.17) is 14.2 Å². The standard InChI is InChI=1S/C23H32O4/c1-15(2)21(24)26-19-8-10-20(11-9-19)27-22(16(3)4)25-14-23(5)13-17-6-7-18(23)12-17/h8-11,16-18,22H,1,6-7,12-14H2,2-5H3. The van der Waals surface area contributed by atoms with Crippen LogP contribution in [0.1, 0.15) is 53.4 Å². The minimum atomic E-state index is -0.425. The number of esters is 1. The second kappa shape index (κ2) is 8.05. The van der Waals surface area contributed by atoms with Crippen molar-refractivity contribution >= 4 is 5.97 Å². The van der Waals surface area contributed by atoms with Crippen LogP contribution in [0.3, 0.4) is 0 Å². The maximum Gasteiger partial charge on any atom is 0.338 e. The number of rotatable bonds is 8. The monoisotopic (exact) mass is 372 g/mol. The van der Waals surface area contributed by atoms with Crippen molar-refractivity contribution in [3.63, 3.8) is 0 Å². The van der Waals surface area contributed by atoms with E-state index in [1.165, 1.54) is 25.7 Å². The average Bonchev–Trinajstić information content (AvgIpc) is 3.20. The van der Waals surface area contributed by atoms with Crippen LogP contribution in [-0.4, -0.2) is 18.9 Å². The van der Waals surface area contributed by atoms with Gasteiger partial charge >= 0.3 is 5.97 Å². The third-order valence-electron chi connectivity index (χ3n) is 6.04. The van der Waals surface area contributed by atoms with E-state index in [-0.39, 0.29) is 12.2 Å². The minimum Gasteiger partial charge on any atom is -0.465 e. The zero-order valence-electron chi connectivity index (χ0n) is 17.0. The summed E-state index contributed by atoms with van der Waals surface area (Å²) in [6, 6.07) is 7.06. The van der Waals surface area contributed by atoms with E-state index in [0.29, 0.717) is 22.5 Å². The van der Waals surface area contributed by atoms with Crippen LogP contribution in [0.5, 0.6) is 11.5 Å². The molecule has 2 saturated carbocycles. The highest BCUT2D eigenvalue weighted by molar-refractivity contribution is 5.88. The Hall–Kier alpha value is -1.81. The van der Waals surface area contributed by atoms with E-state index in [9.17, 15) is 4.79 Å². The molecule has 2 bridgehead atoms. The lowest BCUT2D eigenvalue weighted by Crippen LogP contribution is -2.35. The molecule has 1 aromatic carbocycles. The molecule has 0 radical (unpaired) electrons. The van der Waals surface area contributed by atoms with Crippen molar-refractivity contribution in [2.45, 2.75) is 59.7 Å². The van der Waals surface area contributed by atoms with Gasteiger partial charge in [0.2, 0.25) is 6.29 Å². The smallest absolute Gasteiger partial charge is 0.338 e. The molecule has 4 heteroatoms. The highest BCUT2D eigenvalue weighted by atomic mass is 16.7. The minimum absolute atomic E-state index is 0.244. The quantitative estimate of drug-likeness (QED) is 0.266. The summed E-state index contributed by atoms with van der Waals surface area (Å²) in [5.41, 5.74) is 0.665. The molecular weight excluding hydrogens is 340 g/mol. The van der Waals surface area contributed by atoms with E-state index < -0.39 is 5.97 Å².